The third-order valence-corrected chi connectivity index (χ3v) is 2.36. The highest BCUT2D eigenvalue weighted by molar-refractivity contribution is 5.49. The first kappa shape index (κ1) is 9.54. The van der Waals surface area contributed by atoms with Gasteiger partial charge in [-0.1, -0.05) is 30.4 Å². The van der Waals surface area contributed by atoms with Crippen molar-refractivity contribution in [2.45, 2.75) is 0 Å². The summed E-state index contributed by atoms with van der Waals surface area (Å²) in [5.74, 6) is 0.468. The van der Waals surface area contributed by atoms with Gasteiger partial charge < -0.3 is 5.32 Å². The molecule has 2 nitrogen and oxygen atoms in total. The third kappa shape index (κ3) is 2.47. The summed E-state index contributed by atoms with van der Waals surface area (Å²) >= 11 is 0. The molecule has 1 aromatic rings. The molecule has 1 aliphatic carbocycles. The van der Waals surface area contributed by atoms with Crippen molar-refractivity contribution in [3.8, 4) is 6.07 Å². The zero-order chi connectivity index (χ0) is 10.5. The molecule has 2 heteroatoms. The van der Waals surface area contributed by atoms with E-state index in [0.717, 1.165) is 12.2 Å². The first-order valence-electron chi connectivity index (χ1n) is 4.97. The van der Waals surface area contributed by atoms with Crippen molar-refractivity contribution in [1.29, 1.82) is 5.26 Å². The summed E-state index contributed by atoms with van der Waals surface area (Å²) in [6.45, 7) is 0.877. The highest BCUT2D eigenvalue weighted by atomic mass is 14.9. The minimum atomic E-state index is 0.468. The van der Waals surface area contributed by atoms with Gasteiger partial charge in [0.1, 0.15) is 0 Å². The molecule has 2 rings (SSSR count). The summed E-state index contributed by atoms with van der Waals surface area (Å²) in [7, 11) is 0. The maximum atomic E-state index is 8.74. The van der Waals surface area contributed by atoms with Gasteiger partial charge in [0.05, 0.1) is 11.6 Å². The fraction of sp³-hybridized carbons (Fsp3) is 0.154. The topological polar surface area (TPSA) is 35.8 Å². The van der Waals surface area contributed by atoms with Crippen LogP contribution in [-0.2, 0) is 0 Å². The Morgan fingerprint density at radius 2 is 2.07 bits per heavy atom. The molecule has 0 fully saturated rings. The van der Waals surface area contributed by atoms with Gasteiger partial charge in [-0.3, -0.25) is 0 Å². The van der Waals surface area contributed by atoms with Crippen LogP contribution in [0.2, 0.25) is 0 Å². The second kappa shape index (κ2) is 4.47. The number of rotatable bonds is 3. The molecule has 0 bridgehead atoms. The summed E-state index contributed by atoms with van der Waals surface area (Å²) in [4.78, 5) is 0. The molecule has 0 aliphatic heterocycles. The Hall–Kier alpha value is -2.01. The van der Waals surface area contributed by atoms with Crippen LogP contribution >= 0.6 is 0 Å². The molecule has 1 N–H and O–H groups in total. The summed E-state index contributed by atoms with van der Waals surface area (Å²) in [5, 5.41) is 12.0. The molecule has 74 valence electrons. The van der Waals surface area contributed by atoms with Gasteiger partial charge in [0.2, 0.25) is 0 Å². The zero-order valence-corrected chi connectivity index (χ0v) is 8.35. The summed E-state index contributed by atoms with van der Waals surface area (Å²) in [5.41, 5.74) is 1.69. The quantitative estimate of drug-likeness (QED) is 0.806. The number of hydrogen-bond acceptors (Lipinski definition) is 2. The van der Waals surface area contributed by atoms with Crippen LogP contribution in [0.5, 0.6) is 0 Å². The van der Waals surface area contributed by atoms with Gasteiger partial charge in [0, 0.05) is 18.2 Å². The first-order valence-corrected chi connectivity index (χ1v) is 4.97. The van der Waals surface area contributed by atoms with Crippen molar-refractivity contribution < 1.29 is 0 Å². The van der Waals surface area contributed by atoms with Crippen molar-refractivity contribution in [2.75, 3.05) is 11.9 Å². The van der Waals surface area contributed by atoms with E-state index in [1.54, 1.807) is 6.07 Å². The average Bonchev–Trinajstić information content (AvgIpc) is 2.79. The smallest absolute Gasteiger partial charge is 0.0992 e. The number of nitrogens with one attached hydrogen (secondary N) is 1. The maximum Gasteiger partial charge on any atom is 0.0992 e. The Bertz CT molecular complexity index is 426. The lowest BCUT2D eigenvalue weighted by molar-refractivity contribution is 0.871. The number of nitriles is 1. The monoisotopic (exact) mass is 196 g/mol. The van der Waals surface area contributed by atoms with Gasteiger partial charge >= 0.3 is 0 Å². The lowest BCUT2D eigenvalue weighted by Gasteiger charge is -2.09. The Kier molecular flexibility index (Phi) is 2.85. The van der Waals surface area contributed by atoms with E-state index < -0.39 is 0 Å². The second-order valence-corrected chi connectivity index (χ2v) is 3.51. The summed E-state index contributed by atoms with van der Waals surface area (Å²) in [6, 6.07) is 9.66. The molecular weight excluding hydrogens is 184 g/mol. The Labute approximate surface area is 89.5 Å². The summed E-state index contributed by atoms with van der Waals surface area (Å²) in [6.07, 6.45) is 8.42. The van der Waals surface area contributed by atoms with Crippen molar-refractivity contribution in [3.05, 3.63) is 54.1 Å². The van der Waals surface area contributed by atoms with Crippen LogP contribution in [0.25, 0.3) is 0 Å². The lowest BCUT2D eigenvalue weighted by atomic mass is 10.1. The molecule has 0 unspecified atom stereocenters. The predicted molar refractivity (Wildman–Crippen MR) is 61.4 cm³/mol. The molecule has 0 spiro atoms. The van der Waals surface area contributed by atoms with E-state index in [2.05, 4.69) is 35.7 Å². The van der Waals surface area contributed by atoms with Gasteiger partial charge in [0.25, 0.3) is 0 Å². The van der Waals surface area contributed by atoms with E-state index >= 15 is 0 Å². The van der Waals surface area contributed by atoms with Crippen LogP contribution in [0, 0.1) is 17.2 Å². The third-order valence-electron chi connectivity index (χ3n) is 2.36. The van der Waals surface area contributed by atoms with Crippen molar-refractivity contribution in [1.82, 2.24) is 0 Å². The van der Waals surface area contributed by atoms with Crippen molar-refractivity contribution in [2.24, 2.45) is 5.92 Å². The van der Waals surface area contributed by atoms with Gasteiger partial charge in [-0.15, -0.1) is 0 Å². The van der Waals surface area contributed by atoms with E-state index in [-0.39, 0.29) is 0 Å². The fourth-order valence-electron chi connectivity index (χ4n) is 1.55. The predicted octanol–water partition coefficient (Wildman–Crippen LogP) is 2.71. The Morgan fingerprint density at radius 3 is 2.80 bits per heavy atom. The van der Waals surface area contributed by atoms with Crippen molar-refractivity contribution >= 4 is 5.69 Å². The minimum absolute atomic E-state index is 0.468. The van der Waals surface area contributed by atoms with Gasteiger partial charge in [-0.2, -0.15) is 5.26 Å². The highest BCUT2D eigenvalue weighted by Gasteiger charge is 2.02. The van der Waals surface area contributed by atoms with E-state index in [9.17, 15) is 0 Å². The van der Waals surface area contributed by atoms with Gasteiger partial charge in [0.15, 0.2) is 0 Å². The molecule has 0 heterocycles. The number of nitrogens with zero attached hydrogens (tertiary/aromatic N) is 1. The molecule has 0 atom stereocenters. The van der Waals surface area contributed by atoms with E-state index in [1.807, 2.05) is 18.2 Å². The Morgan fingerprint density at radius 1 is 1.27 bits per heavy atom. The van der Waals surface area contributed by atoms with E-state index in [4.69, 9.17) is 5.26 Å². The number of benzene rings is 1. The molecule has 0 amide bonds. The maximum absolute atomic E-state index is 8.74. The van der Waals surface area contributed by atoms with Crippen LogP contribution < -0.4 is 5.32 Å². The fourth-order valence-corrected chi connectivity index (χ4v) is 1.55. The first-order chi connectivity index (χ1) is 7.38. The largest absolute Gasteiger partial charge is 0.384 e. The normalized spacial score (nSPS) is 14.1. The molecule has 1 aromatic carbocycles. The molecule has 1 aliphatic rings. The van der Waals surface area contributed by atoms with Crippen LogP contribution in [0.4, 0.5) is 5.69 Å². The van der Waals surface area contributed by atoms with Gasteiger partial charge in [-0.05, 0) is 18.2 Å². The van der Waals surface area contributed by atoms with Crippen LogP contribution in [0.3, 0.4) is 0 Å². The second-order valence-electron chi connectivity index (χ2n) is 3.51. The Balaban J connectivity index is 1.96. The number of hydrogen-bond donors (Lipinski definition) is 1. The van der Waals surface area contributed by atoms with E-state index in [1.165, 1.54) is 0 Å². The van der Waals surface area contributed by atoms with Crippen LogP contribution in [-0.4, -0.2) is 6.54 Å². The number of allylic oxidation sites excluding steroid dienone is 2. The molecule has 15 heavy (non-hydrogen) atoms. The molecule has 0 radical (unpaired) electrons. The molecular formula is C13H12N2. The average molecular weight is 196 g/mol. The van der Waals surface area contributed by atoms with Crippen molar-refractivity contribution in [3.63, 3.8) is 0 Å². The highest BCUT2D eigenvalue weighted by Crippen LogP contribution is 2.13. The molecule has 0 saturated heterocycles. The minimum Gasteiger partial charge on any atom is -0.384 e. The summed E-state index contributed by atoms with van der Waals surface area (Å²) < 4.78 is 0. The van der Waals surface area contributed by atoms with Crippen LogP contribution in [0.1, 0.15) is 5.56 Å². The van der Waals surface area contributed by atoms with Gasteiger partial charge in [-0.25, -0.2) is 0 Å². The standard InChI is InChI=1S/C13H12N2/c14-9-12-6-3-7-13(8-12)15-10-11-4-1-2-5-11/h1-8,11,15H,10H2. The molecule has 0 saturated carbocycles. The van der Waals surface area contributed by atoms with Crippen LogP contribution in [0.15, 0.2) is 48.6 Å². The zero-order valence-electron chi connectivity index (χ0n) is 8.35. The lowest BCUT2D eigenvalue weighted by Crippen LogP contribution is -2.08. The number of anilines is 1. The molecule has 0 aromatic heterocycles. The van der Waals surface area contributed by atoms with E-state index in [0.29, 0.717) is 11.5 Å². The SMILES string of the molecule is N#Cc1cccc(NCC2C=CC=C2)c1.